The van der Waals surface area contributed by atoms with Crippen LogP contribution in [0.3, 0.4) is 0 Å². The van der Waals surface area contributed by atoms with Gasteiger partial charge in [0.05, 0.1) is 17.2 Å². The van der Waals surface area contributed by atoms with E-state index in [0.29, 0.717) is 6.42 Å². The summed E-state index contributed by atoms with van der Waals surface area (Å²) < 4.78 is 17.9. The molecule has 0 aliphatic carbocycles. The molecule has 0 saturated carbocycles. The first kappa shape index (κ1) is 17.5. The van der Waals surface area contributed by atoms with Crippen molar-refractivity contribution in [2.75, 3.05) is 4.90 Å². The molecule has 3 rings (SSSR count). The zero-order valence-electron chi connectivity index (χ0n) is 13.7. The van der Waals surface area contributed by atoms with Crippen molar-refractivity contribution in [3.8, 4) is 0 Å². The molecule has 1 aliphatic rings. The van der Waals surface area contributed by atoms with Gasteiger partial charge in [-0.15, -0.1) is 0 Å². The summed E-state index contributed by atoms with van der Waals surface area (Å²) in [5.41, 5.74) is 0.472. The van der Waals surface area contributed by atoms with Crippen LogP contribution in [-0.4, -0.2) is 27.8 Å². The fourth-order valence-corrected chi connectivity index (χ4v) is 3.97. The predicted molar refractivity (Wildman–Crippen MR) is 92.1 cm³/mol. The lowest BCUT2D eigenvalue weighted by Gasteiger charge is -2.21. The number of carbonyl (C=O) groups excluding carboxylic acids is 2. The molecule has 8 heteroatoms. The van der Waals surface area contributed by atoms with Gasteiger partial charge in [0.2, 0.25) is 0 Å². The van der Waals surface area contributed by atoms with Crippen molar-refractivity contribution in [3.63, 3.8) is 0 Å². The van der Waals surface area contributed by atoms with Crippen LogP contribution in [0, 0.1) is 0 Å². The molecule has 1 N–H and O–H groups in total. The number of benzene rings is 1. The van der Waals surface area contributed by atoms with E-state index < -0.39 is 25.5 Å². The minimum absolute atomic E-state index is 0.176. The predicted octanol–water partition coefficient (Wildman–Crippen LogP) is 2.51. The number of nitrogens with zero attached hydrogens (tertiary/aromatic N) is 2. The van der Waals surface area contributed by atoms with Crippen LogP contribution in [0.2, 0.25) is 0 Å². The Bertz CT molecular complexity index is 863. The third-order valence-corrected chi connectivity index (χ3v) is 5.58. The number of amides is 2. The van der Waals surface area contributed by atoms with E-state index in [2.05, 4.69) is 4.98 Å². The van der Waals surface area contributed by atoms with E-state index in [1.165, 1.54) is 30.5 Å². The van der Waals surface area contributed by atoms with Gasteiger partial charge >= 0.3 is 7.60 Å². The highest BCUT2D eigenvalue weighted by molar-refractivity contribution is 7.61. The molecule has 2 aromatic rings. The molecule has 2 heterocycles. The summed E-state index contributed by atoms with van der Waals surface area (Å²) in [6.45, 7) is 3.49. The number of carbonyl (C=O) groups is 2. The summed E-state index contributed by atoms with van der Waals surface area (Å²) in [7, 11) is -4.26. The Morgan fingerprint density at radius 1 is 1.16 bits per heavy atom. The van der Waals surface area contributed by atoms with Gasteiger partial charge in [-0.25, -0.2) is 9.88 Å². The lowest BCUT2D eigenvalue weighted by Crippen LogP contribution is -2.34. The fourth-order valence-electron chi connectivity index (χ4n) is 2.54. The number of fused-ring (bicyclic) bond motifs is 1. The molecule has 25 heavy (non-hydrogen) atoms. The Labute approximate surface area is 144 Å². The topological polar surface area (TPSA) is 96.8 Å². The van der Waals surface area contributed by atoms with Crippen LogP contribution < -0.4 is 10.2 Å². The number of aromatic nitrogens is 1. The van der Waals surface area contributed by atoms with Crippen molar-refractivity contribution in [1.82, 2.24) is 4.98 Å². The Morgan fingerprint density at radius 2 is 1.76 bits per heavy atom. The van der Waals surface area contributed by atoms with Crippen LogP contribution in [0.25, 0.3) is 0 Å². The van der Waals surface area contributed by atoms with E-state index in [-0.39, 0.29) is 22.2 Å². The first-order valence-electron chi connectivity index (χ1n) is 7.81. The maximum atomic E-state index is 12.7. The van der Waals surface area contributed by atoms with E-state index in [9.17, 15) is 19.0 Å². The smallest absolute Gasteiger partial charge is 0.321 e. The number of hydrogen-bond donors (Lipinski definition) is 1. The van der Waals surface area contributed by atoms with Crippen molar-refractivity contribution in [2.24, 2.45) is 0 Å². The second kappa shape index (κ2) is 6.52. The Morgan fingerprint density at radius 3 is 2.32 bits per heavy atom. The van der Waals surface area contributed by atoms with Gasteiger partial charge in [0, 0.05) is 6.20 Å². The molecule has 0 radical (unpaired) electrons. The van der Waals surface area contributed by atoms with Crippen LogP contribution in [-0.2, 0) is 9.09 Å². The molecule has 1 aromatic carbocycles. The average molecular weight is 360 g/mol. The third kappa shape index (κ3) is 3.02. The van der Waals surface area contributed by atoms with Crippen LogP contribution in [0.4, 0.5) is 5.82 Å². The van der Waals surface area contributed by atoms with Crippen molar-refractivity contribution in [1.29, 1.82) is 0 Å². The summed E-state index contributed by atoms with van der Waals surface area (Å²) in [6.07, 6.45) is 1.42. The monoisotopic (exact) mass is 360 g/mol. The highest BCUT2D eigenvalue weighted by Gasteiger charge is 2.41. The summed E-state index contributed by atoms with van der Waals surface area (Å²) in [4.78, 5) is 40.4. The van der Waals surface area contributed by atoms with Gasteiger partial charge in [0.1, 0.15) is 5.30 Å². The summed E-state index contributed by atoms with van der Waals surface area (Å²) in [5, 5.41) is -0.176. The lowest BCUT2D eigenvalue weighted by molar-refractivity contribution is 0.0925. The normalized spacial score (nSPS) is 17.3. The van der Waals surface area contributed by atoms with Gasteiger partial charge in [-0.05, 0) is 37.6 Å². The highest BCUT2D eigenvalue weighted by atomic mass is 31.2. The molecule has 7 nitrogen and oxygen atoms in total. The lowest BCUT2D eigenvalue weighted by atomic mass is 10.1. The first-order chi connectivity index (χ1) is 11.9. The van der Waals surface area contributed by atoms with Gasteiger partial charge in [-0.2, -0.15) is 0 Å². The van der Waals surface area contributed by atoms with E-state index in [0.717, 1.165) is 4.90 Å². The van der Waals surface area contributed by atoms with Gasteiger partial charge in [0.25, 0.3) is 11.8 Å². The van der Waals surface area contributed by atoms with Crippen LogP contribution in [0.5, 0.6) is 0 Å². The molecule has 130 valence electrons. The number of imide groups is 1. The second-order valence-corrected chi connectivity index (χ2v) is 7.42. The van der Waals surface area contributed by atoms with Crippen LogP contribution in [0.15, 0.2) is 42.6 Å². The maximum Gasteiger partial charge on any atom is 0.362 e. The van der Waals surface area contributed by atoms with Gasteiger partial charge in [0.15, 0.2) is 5.82 Å². The van der Waals surface area contributed by atoms with Crippen molar-refractivity contribution in [3.05, 3.63) is 53.7 Å². The number of pyridine rings is 1. The molecule has 1 aromatic heterocycles. The van der Waals surface area contributed by atoms with E-state index >= 15 is 0 Å². The Balaban J connectivity index is 2.08. The highest BCUT2D eigenvalue weighted by Crippen LogP contribution is 2.45. The number of rotatable bonds is 5. The van der Waals surface area contributed by atoms with Crippen molar-refractivity contribution < 1.29 is 23.6 Å². The van der Waals surface area contributed by atoms with Crippen molar-refractivity contribution >= 4 is 30.5 Å². The molecule has 0 saturated heterocycles. The van der Waals surface area contributed by atoms with E-state index in [1.54, 1.807) is 19.1 Å². The van der Waals surface area contributed by atoms with E-state index in [4.69, 9.17) is 4.52 Å². The average Bonchev–Trinajstić information content (AvgIpc) is 2.86. The largest absolute Gasteiger partial charge is 0.362 e. The number of anilines is 1. The minimum Gasteiger partial charge on any atom is -0.321 e. The molecule has 0 bridgehead atoms. The first-order valence-corrected chi connectivity index (χ1v) is 9.39. The zero-order valence-corrected chi connectivity index (χ0v) is 14.6. The SMILES string of the molecule is CCC(C)OP(=O)(O)c1cccnc1N1C(=O)c2ccccc2C1=O. The Kier molecular flexibility index (Phi) is 4.56. The third-order valence-electron chi connectivity index (χ3n) is 3.97. The van der Waals surface area contributed by atoms with Crippen molar-refractivity contribution in [2.45, 2.75) is 26.4 Å². The maximum absolute atomic E-state index is 12.7. The molecule has 0 spiro atoms. The van der Waals surface area contributed by atoms with Crippen LogP contribution >= 0.6 is 7.60 Å². The van der Waals surface area contributed by atoms with E-state index in [1.807, 2.05) is 6.92 Å². The molecule has 2 atom stereocenters. The van der Waals surface area contributed by atoms with Gasteiger partial charge in [-0.3, -0.25) is 14.2 Å². The molecular formula is C17H17N2O5P. The zero-order chi connectivity index (χ0) is 18.2. The molecule has 2 unspecified atom stereocenters. The minimum atomic E-state index is -4.26. The fraction of sp³-hybridized carbons (Fsp3) is 0.235. The quantitative estimate of drug-likeness (QED) is 0.650. The van der Waals surface area contributed by atoms with Gasteiger partial charge < -0.3 is 9.42 Å². The molecule has 1 aliphatic heterocycles. The number of hydrogen-bond acceptors (Lipinski definition) is 5. The summed E-state index contributed by atoms with van der Waals surface area (Å²) in [5.74, 6) is -1.34. The standard InChI is InChI=1S/C17H17N2O5P/c1-3-11(2)24-25(22,23)14-9-6-10-18-15(14)19-16(20)12-7-4-5-8-13(12)17(19)21/h4-11H,3H2,1-2H3,(H,22,23). The Hall–Kier alpha value is -2.34. The molecular weight excluding hydrogens is 343 g/mol. The van der Waals surface area contributed by atoms with Crippen LogP contribution in [0.1, 0.15) is 41.0 Å². The molecule has 2 amide bonds. The second-order valence-electron chi connectivity index (χ2n) is 5.68. The van der Waals surface area contributed by atoms with Gasteiger partial charge in [-0.1, -0.05) is 19.1 Å². The summed E-state index contributed by atoms with van der Waals surface area (Å²) in [6, 6.07) is 9.17. The summed E-state index contributed by atoms with van der Waals surface area (Å²) >= 11 is 0. The molecule has 0 fully saturated rings.